The fourth-order valence-corrected chi connectivity index (χ4v) is 3.28. The molecule has 1 aromatic rings. The molecule has 2 rings (SSSR count). The second kappa shape index (κ2) is 7.19. The molecule has 4 nitrogen and oxygen atoms in total. The van der Waals surface area contributed by atoms with Crippen LogP contribution in [0.15, 0.2) is 24.3 Å². The molecule has 1 heterocycles. The summed E-state index contributed by atoms with van der Waals surface area (Å²) in [7, 11) is 0. The Bertz CT molecular complexity index is 638. The van der Waals surface area contributed by atoms with Crippen LogP contribution in [0.5, 0.6) is 0 Å². The Labute approximate surface area is 152 Å². The lowest BCUT2D eigenvalue weighted by Gasteiger charge is -2.25. The average molecular weight is 344 g/mol. The molecule has 138 valence electrons. The smallest absolute Gasteiger partial charge is 0.239 e. The topological polar surface area (TPSA) is 49.4 Å². The maximum Gasteiger partial charge on any atom is 0.239 e. The number of hydrogen-bond acceptors (Lipinski definition) is 2. The standard InChI is InChI=1S/C21H32N2O2/c1-20(2,3)16-9-7-8-15(12-16)13-22-18(24)14-23-11-10-17(19(23)25)21(4,5)6/h7-9,12,17H,10-11,13-14H2,1-6H3,(H,22,24). The maximum absolute atomic E-state index is 12.5. The van der Waals surface area contributed by atoms with Crippen molar-refractivity contribution in [3.05, 3.63) is 35.4 Å². The van der Waals surface area contributed by atoms with Gasteiger partial charge in [-0.2, -0.15) is 0 Å². The monoisotopic (exact) mass is 344 g/mol. The zero-order valence-electron chi connectivity index (χ0n) is 16.5. The van der Waals surface area contributed by atoms with E-state index in [9.17, 15) is 9.59 Å². The molecule has 25 heavy (non-hydrogen) atoms. The molecule has 0 bridgehead atoms. The fourth-order valence-electron chi connectivity index (χ4n) is 3.28. The first-order valence-corrected chi connectivity index (χ1v) is 9.13. The van der Waals surface area contributed by atoms with Crippen LogP contribution in [0, 0.1) is 11.3 Å². The van der Waals surface area contributed by atoms with Crippen LogP contribution >= 0.6 is 0 Å². The molecule has 1 aromatic carbocycles. The van der Waals surface area contributed by atoms with Crippen LogP contribution in [0.2, 0.25) is 0 Å². The lowest BCUT2D eigenvalue weighted by molar-refractivity contribution is -0.137. The third-order valence-corrected chi connectivity index (χ3v) is 4.96. The number of likely N-dealkylation sites (tertiary alicyclic amines) is 1. The lowest BCUT2D eigenvalue weighted by Crippen LogP contribution is -2.40. The molecule has 0 radical (unpaired) electrons. The molecule has 4 heteroatoms. The predicted molar refractivity (Wildman–Crippen MR) is 101 cm³/mol. The number of nitrogens with one attached hydrogen (secondary N) is 1. The molecule has 1 N–H and O–H groups in total. The molecule has 0 aromatic heterocycles. The molecule has 1 aliphatic heterocycles. The molecule has 0 saturated carbocycles. The Morgan fingerprint density at radius 2 is 1.88 bits per heavy atom. The number of carbonyl (C=O) groups excluding carboxylic acids is 2. The minimum Gasteiger partial charge on any atom is -0.350 e. The van der Waals surface area contributed by atoms with Crippen LogP contribution < -0.4 is 5.32 Å². The summed E-state index contributed by atoms with van der Waals surface area (Å²) < 4.78 is 0. The van der Waals surface area contributed by atoms with E-state index in [0.29, 0.717) is 13.1 Å². The highest BCUT2D eigenvalue weighted by atomic mass is 16.2. The van der Waals surface area contributed by atoms with Gasteiger partial charge in [-0.15, -0.1) is 0 Å². The average Bonchev–Trinajstić information content (AvgIpc) is 2.86. The second-order valence-electron chi connectivity index (χ2n) is 9.19. The molecule has 2 amide bonds. The Hall–Kier alpha value is -1.84. The highest BCUT2D eigenvalue weighted by Gasteiger charge is 2.39. The summed E-state index contributed by atoms with van der Waals surface area (Å²) in [5.41, 5.74) is 2.38. The zero-order chi connectivity index (χ0) is 18.8. The van der Waals surface area contributed by atoms with Gasteiger partial charge in [-0.25, -0.2) is 0 Å². The van der Waals surface area contributed by atoms with Crippen LogP contribution in [-0.4, -0.2) is 29.8 Å². The summed E-state index contributed by atoms with van der Waals surface area (Å²) in [5, 5.41) is 2.95. The van der Waals surface area contributed by atoms with Crippen molar-refractivity contribution >= 4 is 11.8 Å². The van der Waals surface area contributed by atoms with Crippen molar-refractivity contribution in [3.63, 3.8) is 0 Å². The van der Waals surface area contributed by atoms with Crippen LogP contribution in [0.1, 0.15) is 59.1 Å². The van der Waals surface area contributed by atoms with E-state index in [1.54, 1.807) is 4.90 Å². The van der Waals surface area contributed by atoms with E-state index >= 15 is 0 Å². The summed E-state index contributed by atoms with van der Waals surface area (Å²) in [6, 6.07) is 8.30. The molecule has 1 saturated heterocycles. The van der Waals surface area contributed by atoms with Crippen molar-refractivity contribution in [2.45, 2.75) is 59.9 Å². The van der Waals surface area contributed by atoms with Gasteiger partial charge in [0.2, 0.25) is 11.8 Å². The van der Waals surface area contributed by atoms with E-state index in [-0.39, 0.29) is 35.1 Å². The molecule has 1 unspecified atom stereocenters. The van der Waals surface area contributed by atoms with E-state index < -0.39 is 0 Å². The quantitative estimate of drug-likeness (QED) is 0.909. The van der Waals surface area contributed by atoms with E-state index in [0.717, 1.165) is 12.0 Å². The van der Waals surface area contributed by atoms with Gasteiger partial charge < -0.3 is 10.2 Å². The van der Waals surface area contributed by atoms with Gasteiger partial charge in [-0.05, 0) is 28.4 Å². The Morgan fingerprint density at radius 1 is 1.20 bits per heavy atom. The van der Waals surface area contributed by atoms with Crippen molar-refractivity contribution in [1.82, 2.24) is 10.2 Å². The van der Waals surface area contributed by atoms with Crippen molar-refractivity contribution in [3.8, 4) is 0 Å². The first kappa shape index (κ1) is 19.5. The highest BCUT2D eigenvalue weighted by Crippen LogP contribution is 2.34. The summed E-state index contributed by atoms with van der Waals surface area (Å²) in [5.74, 6) is 0.0326. The van der Waals surface area contributed by atoms with E-state index in [2.05, 4.69) is 59.0 Å². The summed E-state index contributed by atoms with van der Waals surface area (Å²) >= 11 is 0. The van der Waals surface area contributed by atoms with Gasteiger partial charge in [0.05, 0.1) is 6.54 Å². The normalized spacial score (nSPS) is 18.6. The third kappa shape index (κ3) is 5.07. The van der Waals surface area contributed by atoms with E-state index in [1.807, 2.05) is 12.1 Å². The van der Waals surface area contributed by atoms with Gasteiger partial charge in [-0.3, -0.25) is 9.59 Å². The Balaban J connectivity index is 1.89. The highest BCUT2D eigenvalue weighted by molar-refractivity contribution is 5.87. The van der Waals surface area contributed by atoms with Crippen molar-refractivity contribution in [1.29, 1.82) is 0 Å². The minimum atomic E-state index is -0.0935. The number of benzene rings is 1. The molecule has 1 atom stereocenters. The molecule has 1 aliphatic rings. The van der Waals surface area contributed by atoms with Gasteiger partial charge in [0, 0.05) is 19.0 Å². The van der Waals surface area contributed by atoms with Crippen LogP contribution in [0.3, 0.4) is 0 Å². The summed E-state index contributed by atoms with van der Waals surface area (Å²) in [6.45, 7) is 14.1. The van der Waals surface area contributed by atoms with Crippen LogP contribution in [0.25, 0.3) is 0 Å². The number of carbonyl (C=O) groups is 2. The molecular weight excluding hydrogens is 312 g/mol. The summed E-state index contributed by atoms with van der Waals surface area (Å²) in [4.78, 5) is 26.4. The van der Waals surface area contributed by atoms with Crippen LogP contribution in [0.4, 0.5) is 0 Å². The predicted octanol–water partition coefficient (Wildman–Crippen LogP) is 3.49. The van der Waals surface area contributed by atoms with Gasteiger partial charge in [0.15, 0.2) is 0 Å². The van der Waals surface area contributed by atoms with Gasteiger partial charge in [0.25, 0.3) is 0 Å². The first-order chi connectivity index (χ1) is 11.5. The van der Waals surface area contributed by atoms with Crippen molar-refractivity contribution in [2.75, 3.05) is 13.1 Å². The van der Waals surface area contributed by atoms with Crippen LogP contribution in [-0.2, 0) is 21.5 Å². The second-order valence-corrected chi connectivity index (χ2v) is 9.19. The van der Waals surface area contributed by atoms with E-state index in [1.165, 1.54) is 5.56 Å². The molecule has 1 fully saturated rings. The third-order valence-electron chi connectivity index (χ3n) is 4.96. The lowest BCUT2D eigenvalue weighted by atomic mass is 9.80. The Kier molecular flexibility index (Phi) is 5.60. The van der Waals surface area contributed by atoms with Gasteiger partial charge in [0.1, 0.15) is 0 Å². The number of rotatable bonds is 4. The largest absolute Gasteiger partial charge is 0.350 e. The molecular formula is C21H32N2O2. The maximum atomic E-state index is 12.5. The SMILES string of the molecule is CC(C)(C)c1cccc(CNC(=O)CN2CCC(C(C)(C)C)C2=O)c1. The Morgan fingerprint density at radius 3 is 2.44 bits per heavy atom. The van der Waals surface area contributed by atoms with E-state index in [4.69, 9.17) is 0 Å². The van der Waals surface area contributed by atoms with Gasteiger partial charge >= 0.3 is 0 Å². The van der Waals surface area contributed by atoms with Gasteiger partial charge in [-0.1, -0.05) is 65.8 Å². The van der Waals surface area contributed by atoms with Crippen molar-refractivity contribution in [2.24, 2.45) is 11.3 Å². The molecule has 0 aliphatic carbocycles. The molecule has 0 spiro atoms. The fraction of sp³-hybridized carbons (Fsp3) is 0.619. The zero-order valence-corrected chi connectivity index (χ0v) is 16.5. The number of amides is 2. The number of hydrogen-bond donors (Lipinski definition) is 1. The van der Waals surface area contributed by atoms with Crippen molar-refractivity contribution < 1.29 is 9.59 Å². The first-order valence-electron chi connectivity index (χ1n) is 9.13. The summed E-state index contributed by atoms with van der Waals surface area (Å²) in [6.07, 6.45) is 0.837. The number of nitrogens with zero attached hydrogens (tertiary/aromatic N) is 1. The minimum absolute atomic E-state index is 0.0174.